The second-order valence-corrected chi connectivity index (χ2v) is 16.3. The van der Waals surface area contributed by atoms with Crippen LogP contribution in [0.25, 0.3) is 0 Å². The van der Waals surface area contributed by atoms with Crippen molar-refractivity contribution >= 4 is 5.97 Å². The molecule has 1 heterocycles. The fraction of sp³-hybridized carbons (Fsp3) is 0.978. The third-order valence-electron chi connectivity index (χ3n) is 10.9. The first-order valence-electron chi connectivity index (χ1n) is 23.0. The molecule has 1 aliphatic rings. The fourth-order valence-electron chi connectivity index (χ4n) is 7.26. The molecule has 0 atom stereocenters. The van der Waals surface area contributed by atoms with Crippen LogP contribution in [0.5, 0.6) is 0 Å². The standard InChI is InChI=1S/C45H90N2O6/c1-4-7-10-13-16-19-22-25-37-50-40-45(41-51-38-26-23-20-17-14-11-8-5-2,42-52-39-27-24-21-18-15-12-9-6-3)43-53-44(49)29-28-30-46-31-33-47(34-32-46)35-36-48/h48H,4-43H2,1-3H3. The second-order valence-electron chi connectivity index (χ2n) is 16.3. The minimum atomic E-state index is -0.501. The highest BCUT2D eigenvalue weighted by Gasteiger charge is 2.34. The smallest absolute Gasteiger partial charge is 0.305 e. The minimum Gasteiger partial charge on any atom is -0.465 e. The molecule has 1 aliphatic heterocycles. The van der Waals surface area contributed by atoms with Gasteiger partial charge in [-0.25, -0.2) is 0 Å². The molecule has 53 heavy (non-hydrogen) atoms. The van der Waals surface area contributed by atoms with Gasteiger partial charge in [0.15, 0.2) is 0 Å². The van der Waals surface area contributed by atoms with Crippen LogP contribution in [0.3, 0.4) is 0 Å². The monoisotopic (exact) mass is 755 g/mol. The van der Waals surface area contributed by atoms with Crippen molar-refractivity contribution in [3.8, 4) is 0 Å². The molecule has 0 saturated carbocycles. The van der Waals surface area contributed by atoms with Crippen LogP contribution < -0.4 is 0 Å². The van der Waals surface area contributed by atoms with Gasteiger partial charge in [-0.2, -0.15) is 0 Å². The number of hydrogen-bond donors (Lipinski definition) is 1. The average molecular weight is 755 g/mol. The number of esters is 1. The number of unbranched alkanes of at least 4 members (excludes halogenated alkanes) is 21. The molecule has 0 bridgehead atoms. The van der Waals surface area contributed by atoms with Crippen LogP contribution >= 0.6 is 0 Å². The van der Waals surface area contributed by atoms with Crippen molar-refractivity contribution in [2.24, 2.45) is 5.41 Å². The summed E-state index contributed by atoms with van der Waals surface area (Å²) in [6.07, 6.45) is 31.8. The van der Waals surface area contributed by atoms with Crippen LogP contribution in [0, 0.1) is 5.41 Å². The number of carbonyl (C=O) groups excluding carboxylic acids is 1. The Bertz CT molecular complexity index is 703. The van der Waals surface area contributed by atoms with Gasteiger partial charge in [-0.05, 0) is 32.2 Å². The summed E-state index contributed by atoms with van der Waals surface area (Å²) < 4.78 is 25.1. The van der Waals surface area contributed by atoms with E-state index < -0.39 is 5.41 Å². The molecule has 8 heteroatoms. The molecule has 0 aromatic heterocycles. The molecule has 0 aromatic carbocycles. The summed E-state index contributed by atoms with van der Waals surface area (Å²) >= 11 is 0. The molecular weight excluding hydrogens is 665 g/mol. The predicted octanol–water partition coefficient (Wildman–Crippen LogP) is 10.4. The van der Waals surface area contributed by atoms with Gasteiger partial charge in [-0.3, -0.25) is 9.69 Å². The van der Waals surface area contributed by atoms with E-state index in [0.29, 0.717) is 26.2 Å². The van der Waals surface area contributed by atoms with Crippen LogP contribution in [-0.4, -0.2) is 113 Å². The maximum atomic E-state index is 13.1. The Morgan fingerprint density at radius 1 is 0.472 bits per heavy atom. The van der Waals surface area contributed by atoms with E-state index in [0.717, 1.165) is 84.8 Å². The zero-order chi connectivity index (χ0) is 38.3. The minimum absolute atomic E-state index is 0.137. The molecule has 0 radical (unpaired) electrons. The number of nitrogens with zero attached hydrogens (tertiary/aromatic N) is 2. The summed E-state index contributed by atoms with van der Waals surface area (Å²) in [5, 5.41) is 9.23. The van der Waals surface area contributed by atoms with Crippen molar-refractivity contribution in [1.29, 1.82) is 0 Å². The zero-order valence-electron chi connectivity index (χ0n) is 35.7. The number of aliphatic hydroxyl groups is 1. The first kappa shape index (κ1) is 50.2. The molecule has 316 valence electrons. The van der Waals surface area contributed by atoms with E-state index in [9.17, 15) is 9.90 Å². The van der Waals surface area contributed by atoms with Crippen LogP contribution in [-0.2, 0) is 23.7 Å². The molecule has 1 N–H and O–H groups in total. The predicted molar refractivity (Wildman–Crippen MR) is 223 cm³/mol. The summed E-state index contributed by atoms with van der Waals surface area (Å²) in [4.78, 5) is 17.8. The molecule has 0 unspecified atom stereocenters. The van der Waals surface area contributed by atoms with E-state index in [1.165, 1.54) is 135 Å². The third kappa shape index (κ3) is 31.1. The van der Waals surface area contributed by atoms with E-state index in [2.05, 4.69) is 30.6 Å². The highest BCUT2D eigenvalue weighted by molar-refractivity contribution is 5.69. The number of aliphatic hydroxyl groups excluding tert-OH is 1. The van der Waals surface area contributed by atoms with Gasteiger partial charge in [0, 0.05) is 59.0 Å². The number of hydrogen-bond acceptors (Lipinski definition) is 8. The molecule has 1 rings (SSSR count). The first-order valence-corrected chi connectivity index (χ1v) is 23.0. The van der Waals surface area contributed by atoms with Crippen LogP contribution in [0.4, 0.5) is 0 Å². The summed E-state index contributed by atoms with van der Waals surface area (Å²) in [5.74, 6) is -0.137. The van der Waals surface area contributed by atoms with Gasteiger partial charge >= 0.3 is 5.97 Å². The normalized spacial score (nSPS) is 14.3. The van der Waals surface area contributed by atoms with Crippen molar-refractivity contribution in [2.45, 2.75) is 188 Å². The van der Waals surface area contributed by atoms with Gasteiger partial charge in [0.05, 0.1) is 31.8 Å². The number of carbonyl (C=O) groups is 1. The zero-order valence-corrected chi connectivity index (χ0v) is 35.7. The first-order chi connectivity index (χ1) is 26.1. The fourth-order valence-corrected chi connectivity index (χ4v) is 7.26. The topological polar surface area (TPSA) is 80.7 Å². The third-order valence-corrected chi connectivity index (χ3v) is 10.9. The average Bonchev–Trinajstić information content (AvgIpc) is 3.17. The van der Waals surface area contributed by atoms with E-state index in [4.69, 9.17) is 18.9 Å². The van der Waals surface area contributed by atoms with Crippen molar-refractivity contribution in [2.75, 3.05) is 92.1 Å². The van der Waals surface area contributed by atoms with Crippen molar-refractivity contribution in [3.63, 3.8) is 0 Å². The quantitative estimate of drug-likeness (QED) is 0.0488. The number of β-amino-alcohol motifs (C(OH)–C–C–N with tert-alkyl or cyclic N) is 1. The van der Waals surface area contributed by atoms with E-state index in [1.54, 1.807) is 0 Å². The Balaban J connectivity index is 2.68. The Morgan fingerprint density at radius 2 is 0.811 bits per heavy atom. The molecule has 1 saturated heterocycles. The van der Waals surface area contributed by atoms with Gasteiger partial charge in [0.25, 0.3) is 0 Å². The molecule has 0 spiro atoms. The maximum Gasteiger partial charge on any atom is 0.305 e. The van der Waals surface area contributed by atoms with E-state index >= 15 is 0 Å². The van der Waals surface area contributed by atoms with Crippen LogP contribution in [0.2, 0.25) is 0 Å². The van der Waals surface area contributed by atoms with Gasteiger partial charge in [-0.15, -0.1) is 0 Å². The number of rotatable bonds is 41. The molecule has 0 aliphatic carbocycles. The summed E-state index contributed by atoms with van der Waals surface area (Å²) in [7, 11) is 0. The SMILES string of the molecule is CCCCCCCCCCOCC(COCCCCCCCCCC)(COCCCCCCCCCC)COC(=O)CCCN1CCN(CCO)CC1. The van der Waals surface area contributed by atoms with Crippen molar-refractivity contribution < 1.29 is 28.8 Å². The van der Waals surface area contributed by atoms with E-state index in [1.807, 2.05) is 0 Å². The Kier molecular flexibility index (Phi) is 36.1. The van der Waals surface area contributed by atoms with Crippen LogP contribution in [0.1, 0.15) is 188 Å². The lowest BCUT2D eigenvalue weighted by Crippen LogP contribution is -2.47. The Labute approximate surface area is 329 Å². The molecule has 8 nitrogen and oxygen atoms in total. The lowest BCUT2D eigenvalue weighted by molar-refractivity contribution is -0.156. The Morgan fingerprint density at radius 3 is 1.17 bits per heavy atom. The maximum absolute atomic E-state index is 13.1. The van der Waals surface area contributed by atoms with Gasteiger partial charge in [0.1, 0.15) is 6.61 Å². The van der Waals surface area contributed by atoms with Crippen LogP contribution in [0.15, 0.2) is 0 Å². The molecule has 0 amide bonds. The highest BCUT2D eigenvalue weighted by Crippen LogP contribution is 2.23. The lowest BCUT2D eigenvalue weighted by atomic mass is 9.92. The Hall–Kier alpha value is -0.770. The number of ether oxygens (including phenoxy) is 4. The second kappa shape index (κ2) is 38.1. The lowest BCUT2D eigenvalue weighted by Gasteiger charge is -2.34. The summed E-state index contributed by atoms with van der Waals surface area (Å²) in [6, 6.07) is 0. The number of piperazine rings is 1. The largest absolute Gasteiger partial charge is 0.465 e. The highest BCUT2D eigenvalue weighted by atomic mass is 16.5. The molecule has 0 aromatic rings. The van der Waals surface area contributed by atoms with Crippen molar-refractivity contribution in [3.05, 3.63) is 0 Å². The summed E-state index contributed by atoms with van der Waals surface area (Å²) in [5.41, 5.74) is -0.501. The molecule has 1 fully saturated rings. The van der Waals surface area contributed by atoms with E-state index in [-0.39, 0.29) is 19.2 Å². The van der Waals surface area contributed by atoms with Crippen molar-refractivity contribution in [1.82, 2.24) is 9.80 Å². The van der Waals surface area contributed by atoms with Gasteiger partial charge < -0.3 is 29.0 Å². The van der Waals surface area contributed by atoms with Gasteiger partial charge in [-0.1, -0.05) is 156 Å². The molecular formula is C45H90N2O6. The summed E-state index contributed by atoms with van der Waals surface area (Å²) in [6.45, 7) is 16.5. The van der Waals surface area contributed by atoms with Gasteiger partial charge in [0.2, 0.25) is 0 Å².